The summed E-state index contributed by atoms with van der Waals surface area (Å²) < 4.78 is 11.1. The zero-order chi connectivity index (χ0) is 23.1. The maximum atomic E-state index is 11.5. The first-order chi connectivity index (χ1) is 14.6. The van der Waals surface area contributed by atoms with Crippen LogP contribution in [0.2, 0.25) is 0 Å². The zero-order valence-corrected chi connectivity index (χ0v) is 20.5. The van der Waals surface area contributed by atoms with Crippen LogP contribution < -0.4 is 4.74 Å². The Labute approximate surface area is 189 Å². The van der Waals surface area contributed by atoms with Crippen molar-refractivity contribution in [1.29, 1.82) is 0 Å². The molecular weight excluding hydrogens is 384 g/mol. The number of ether oxygens (including phenoxy) is 2. The van der Waals surface area contributed by atoms with Crippen molar-refractivity contribution in [3.05, 3.63) is 58.7 Å². The highest BCUT2D eigenvalue weighted by Gasteiger charge is 2.37. The van der Waals surface area contributed by atoms with E-state index in [4.69, 9.17) is 9.47 Å². The number of hydrogen-bond donors (Lipinski definition) is 0. The van der Waals surface area contributed by atoms with Crippen molar-refractivity contribution >= 4 is 12.0 Å². The minimum absolute atomic E-state index is 0.165. The van der Waals surface area contributed by atoms with Gasteiger partial charge in [-0.1, -0.05) is 70.6 Å². The lowest BCUT2D eigenvalue weighted by molar-refractivity contribution is -0.142. The minimum Gasteiger partial charge on any atom is -0.493 e. The standard InChI is InChI=1S/C28H40O3/c1-8-18-31-25-20-24-23(27(4,5)16-17-28(24,6)7)19-22(25)13-11-10-12-21(3)14-15-26(29)30-9-2/h10-14,19-20H,8-9,15-18H2,1-7H3. The molecule has 3 heteroatoms. The van der Waals surface area contributed by atoms with E-state index >= 15 is 0 Å². The summed E-state index contributed by atoms with van der Waals surface area (Å²) in [5.74, 6) is 0.772. The molecule has 0 fully saturated rings. The second-order valence-electron chi connectivity index (χ2n) is 9.73. The molecule has 1 aliphatic carbocycles. The van der Waals surface area contributed by atoms with Crippen LogP contribution in [-0.4, -0.2) is 19.2 Å². The van der Waals surface area contributed by atoms with E-state index in [-0.39, 0.29) is 16.8 Å². The van der Waals surface area contributed by atoms with Gasteiger partial charge in [0, 0.05) is 5.56 Å². The summed E-state index contributed by atoms with van der Waals surface area (Å²) in [5.41, 5.74) is 5.34. The predicted molar refractivity (Wildman–Crippen MR) is 131 cm³/mol. The number of carbonyl (C=O) groups is 1. The SMILES string of the molecule is CCCOc1cc2c(cc1C=CC=CC(C)=CCC(=O)OCC)C(C)(C)CCC2(C)C. The Morgan fingerprint density at radius 1 is 1.03 bits per heavy atom. The summed E-state index contributed by atoms with van der Waals surface area (Å²) >= 11 is 0. The van der Waals surface area contributed by atoms with E-state index in [0.29, 0.717) is 13.0 Å². The fraction of sp³-hybridized carbons (Fsp3) is 0.536. The molecule has 0 heterocycles. The number of fused-ring (bicyclic) bond motifs is 1. The van der Waals surface area contributed by atoms with Gasteiger partial charge in [0.1, 0.15) is 5.75 Å². The van der Waals surface area contributed by atoms with Gasteiger partial charge in [0.2, 0.25) is 0 Å². The van der Waals surface area contributed by atoms with E-state index in [1.165, 1.54) is 24.0 Å². The van der Waals surface area contributed by atoms with Gasteiger partial charge in [-0.3, -0.25) is 4.79 Å². The number of allylic oxidation sites excluding steroid dienone is 4. The first-order valence-corrected chi connectivity index (χ1v) is 11.6. The van der Waals surface area contributed by atoms with E-state index in [1.54, 1.807) is 0 Å². The van der Waals surface area contributed by atoms with Gasteiger partial charge in [-0.25, -0.2) is 0 Å². The average molecular weight is 425 g/mol. The van der Waals surface area contributed by atoms with Crippen LogP contribution in [0.5, 0.6) is 5.75 Å². The molecule has 0 amide bonds. The molecule has 0 atom stereocenters. The van der Waals surface area contributed by atoms with Gasteiger partial charge in [0.15, 0.2) is 0 Å². The fourth-order valence-electron chi connectivity index (χ4n) is 3.98. The van der Waals surface area contributed by atoms with E-state index in [1.807, 2.05) is 38.2 Å². The summed E-state index contributed by atoms with van der Waals surface area (Å²) in [6.07, 6.45) is 13.7. The van der Waals surface area contributed by atoms with Crippen molar-refractivity contribution in [2.75, 3.05) is 13.2 Å². The highest BCUT2D eigenvalue weighted by atomic mass is 16.5. The third-order valence-corrected chi connectivity index (χ3v) is 6.09. The van der Waals surface area contributed by atoms with Crippen LogP contribution in [-0.2, 0) is 20.4 Å². The smallest absolute Gasteiger partial charge is 0.309 e. The van der Waals surface area contributed by atoms with Gasteiger partial charge in [-0.15, -0.1) is 0 Å². The number of esters is 1. The number of carbonyl (C=O) groups excluding carboxylic acids is 1. The van der Waals surface area contributed by atoms with E-state index < -0.39 is 0 Å². The lowest BCUT2D eigenvalue weighted by Crippen LogP contribution is -2.34. The van der Waals surface area contributed by atoms with Crippen LogP contribution in [0.4, 0.5) is 0 Å². The van der Waals surface area contributed by atoms with Crippen molar-refractivity contribution in [2.24, 2.45) is 0 Å². The van der Waals surface area contributed by atoms with Gasteiger partial charge < -0.3 is 9.47 Å². The Bertz CT molecular complexity index is 853. The first kappa shape index (κ1) is 25.0. The quantitative estimate of drug-likeness (QED) is 0.308. The van der Waals surface area contributed by atoms with Gasteiger partial charge in [-0.2, -0.15) is 0 Å². The lowest BCUT2D eigenvalue weighted by atomic mass is 9.63. The van der Waals surface area contributed by atoms with Crippen molar-refractivity contribution in [2.45, 2.75) is 85.0 Å². The normalized spacial score (nSPS) is 17.7. The molecule has 0 aromatic heterocycles. The van der Waals surface area contributed by atoms with Gasteiger partial charge >= 0.3 is 5.97 Å². The van der Waals surface area contributed by atoms with Crippen LogP contribution in [0.1, 0.15) is 90.8 Å². The molecular formula is C28H40O3. The highest BCUT2D eigenvalue weighted by molar-refractivity contribution is 5.71. The molecule has 1 aromatic carbocycles. The average Bonchev–Trinajstić information content (AvgIpc) is 2.72. The maximum absolute atomic E-state index is 11.5. The molecule has 0 saturated carbocycles. The predicted octanol–water partition coefficient (Wildman–Crippen LogP) is 7.29. The monoisotopic (exact) mass is 424 g/mol. The molecule has 170 valence electrons. The lowest BCUT2D eigenvalue weighted by Gasteiger charge is -2.42. The van der Waals surface area contributed by atoms with Gasteiger partial charge in [0.25, 0.3) is 0 Å². The van der Waals surface area contributed by atoms with Crippen LogP contribution >= 0.6 is 0 Å². The van der Waals surface area contributed by atoms with Crippen molar-refractivity contribution in [3.63, 3.8) is 0 Å². The van der Waals surface area contributed by atoms with Crippen molar-refractivity contribution in [3.8, 4) is 5.75 Å². The molecule has 1 aromatic rings. The van der Waals surface area contributed by atoms with Crippen molar-refractivity contribution in [1.82, 2.24) is 0 Å². The van der Waals surface area contributed by atoms with Crippen LogP contribution in [0.25, 0.3) is 6.08 Å². The summed E-state index contributed by atoms with van der Waals surface area (Å²) in [4.78, 5) is 11.5. The number of rotatable bonds is 9. The molecule has 2 rings (SSSR count). The summed E-state index contributed by atoms with van der Waals surface area (Å²) in [6, 6.07) is 4.61. The Hall–Kier alpha value is -2.29. The number of hydrogen-bond acceptors (Lipinski definition) is 3. The molecule has 1 aliphatic rings. The first-order valence-electron chi connectivity index (χ1n) is 11.6. The van der Waals surface area contributed by atoms with E-state index in [0.717, 1.165) is 29.9 Å². The second kappa shape index (κ2) is 10.8. The fourth-order valence-corrected chi connectivity index (χ4v) is 3.98. The van der Waals surface area contributed by atoms with E-state index in [9.17, 15) is 4.79 Å². The van der Waals surface area contributed by atoms with Gasteiger partial charge in [0.05, 0.1) is 19.6 Å². The Kier molecular flexibility index (Phi) is 8.73. The Morgan fingerprint density at radius 2 is 1.68 bits per heavy atom. The molecule has 31 heavy (non-hydrogen) atoms. The third-order valence-electron chi connectivity index (χ3n) is 6.09. The zero-order valence-electron chi connectivity index (χ0n) is 20.5. The van der Waals surface area contributed by atoms with E-state index in [2.05, 4.69) is 52.8 Å². The third kappa shape index (κ3) is 6.85. The molecule has 0 aliphatic heterocycles. The van der Waals surface area contributed by atoms with Crippen LogP contribution in [0.15, 0.2) is 42.0 Å². The Morgan fingerprint density at radius 3 is 2.29 bits per heavy atom. The summed E-state index contributed by atoms with van der Waals surface area (Å²) in [5, 5.41) is 0. The molecule has 0 spiro atoms. The van der Waals surface area contributed by atoms with Crippen molar-refractivity contribution < 1.29 is 14.3 Å². The molecule has 0 saturated heterocycles. The molecule has 0 bridgehead atoms. The van der Waals surface area contributed by atoms with Crippen LogP contribution in [0, 0.1) is 0 Å². The maximum Gasteiger partial charge on any atom is 0.309 e. The topological polar surface area (TPSA) is 35.5 Å². The number of benzene rings is 1. The highest BCUT2D eigenvalue weighted by Crippen LogP contribution is 2.47. The van der Waals surface area contributed by atoms with Gasteiger partial charge in [-0.05, 0) is 67.2 Å². The molecule has 3 nitrogen and oxygen atoms in total. The minimum atomic E-state index is -0.192. The Balaban J connectivity index is 2.28. The molecule has 0 unspecified atom stereocenters. The molecule has 0 radical (unpaired) electrons. The summed E-state index contributed by atoms with van der Waals surface area (Å²) in [6.45, 7) is 16.5. The second-order valence-corrected chi connectivity index (χ2v) is 9.73. The van der Waals surface area contributed by atoms with Crippen LogP contribution in [0.3, 0.4) is 0 Å². The molecule has 0 N–H and O–H groups in total. The largest absolute Gasteiger partial charge is 0.493 e. The summed E-state index contributed by atoms with van der Waals surface area (Å²) in [7, 11) is 0.